The Morgan fingerprint density at radius 2 is 0.734 bits per heavy atom. The molecule has 0 amide bonds. The van der Waals surface area contributed by atoms with Crippen LogP contribution in [0.3, 0.4) is 0 Å². The Labute approximate surface area is 371 Å². The average molecular weight is 821 g/mol. The molecule has 2 aliphatic carbocycles. The maximum absolute atomic E-state index is 6.40. The Balaban J connectivity index is 1.02. The van der Waals surface area contributed by atoms with Gasteiger partial charge in [0.25, 0.3) is 0 Å². The van der Waals surface area contributed by atoms with Gasteiger partial charge in [0, 0.05) is 16.5 Å². The van der Waals surface area contributed by atoms with Crippen LogP contribution >= 0.6 is 0 Å². The number of oxazole rings is 2. The molecule has 302 valence electrons. The molecular weight excluding hydrogens is 781 g/mol. The average Bonchev–Trinajstić information content (AvgIpc) is 4.11. The first-order chi connectivity index (χ1) is 31.4. The molecule has 0 fully saturated rings. The van der Waals surface area contributed by atoms with Crippen molar-refractivity contribution in [2.75, 3.05) is 0 Å². The maximum atomic E-state index is 6.40. The quantitative estimate of drug-likeness (QED) is 0.168. The number of hydrogen-bond donors (Lipinski definition) is 0. The van der Waals surface area contributed by atoms with E-state index >= 15 is 0 Å². The van der Waals surface area contributed by atoms with Crippen LogP contribution in [0.25, 0.3) is 89.6 Å². The van der Waals surface area contributed by atoms with E-state index in [0.717, 1.165) is 44.5 Å². The summed E-state index contributed by atoms with van der Waals surface area (Å²) in [5.41, 5.74) is 21.4. The number of hydrogen-bond acceptors (Lipinski definition) is 4. The number of para-hydroxylation sites is 4. The van der Waals surface area contributed by atoms with E-state index < -0.39 is 5.41 Å². The highest BCUT2D eigenvalue weighted by molar-refractivity contribution is 5.92. The van der Waals surface area contributed by atoms with Gasteiger partial charge in [0.1, 0.15) is 11.0 Å². The molecule has 0 spiro atoms. The fraction of sp³-hybridized carbons (Fsp3) is 0.0667. The van der Waals surface area contributed by atoms with Crippen molar-refractivity contribution in [3.63, 3.8) is 0 Å². The molecule has 0 bridgehead atoms. The predicted octanol–water partition coefficient (Wildman–Crippen LogP) is 15.3. The molecule has 64 heavy (non-hydrogen) atoms. The van der Waals surface area contributed by atoms with Crippen LogP contribution in [0.2, 0.25) is 0 Å². The van der Waals surface area contributed by atoms with Gasteiger partial charge in [-0.15, -0.1) is 0 Å². The number of benzene rings is 9. The molecule has 0 radical (unpaired) electrons. The Hall–Kier alpha value is -8.08. The van der Waals surface area contributed by atoms with Crippen molar-refractivity contribution in [2.45, 2.75) is 24.7 Å². The lowest BCUT2D eigenvalue weighted by Crippen LogP contribution is -2.28. The molecule has 0 N–H and O–H groups in total. The second-order valence-electron chi connectivity index (χ2n) is 17.7. The highest BCUT2D eigenvalue weighted by atomic mass is 16.4. The normalized spacial score (nSPS) is 14.0. The van der Waals surface area contributed by atoms with Crippen LogP contribution in [0.4, 0.5) is 0 Å². The summed E-state index contributed by atoms with van der Waals surface area (Å²) in [5, 5.41) is 0. The van der Waals surface area contributed by atoms with E-state index in [4.69, 9.17) is 18.8 Å². The molecule has 2 aromatic heterocycles. The van der Waals surface area contributed by atoms with Crippen LogP contribution in [-0.2, 0) is 10.8 Å². The third kappa shape index (κ3) is 5.36. The van der Waals surface area contributed by atoms with E-state index in [9.17, 15) is 0 Å². The van der Waals surface area contributed by atoms with Crippen molar-refractivity contribution in [3.8, 4) is 67.4 Å². The zero-order valence-corrected chi connectivity index (χ0v) is 35.3. The van der Waals surface area contributed by atoms with Crippen LogP contribution in [-0.4, -0.2) is 9.97 Å². The first-order valence-electron chi connectivity index (χ1n) is 22.0. The van der Waals surface area contributed by atoms with Gasteiger partial charge in [-0.25, -0.2) is 9.97 Å². The summed E-state index contributed by atoms with van der Waals surface area (Å²) in [7, 11) is 0. The summed E-state index contributed by atoms with van der Waals surface area (Å²) in [6, 6.07) is 74.3. The summed E-state index contributed by atoms with van der Waals surface area (Å²) >= 11 is 0. The van der Waals surface area contributed by atoms with Gasteiger partial charge in [-0.1, -0.05) is 159 Å². The van der Waals surface area contributed by atoms with Crippen molar-refractivity contribution in [1.82, 2.24) is 9.97 Å². The number of fused-ring (bicyclic) bond motifs is 8. The number of rotatable bonds is 6. The van der Waals surface area contributed by atoms with Crippen molar-refractivity contribution in [1.29, 1.82) is 0 Å². The molecule has 9 aromatic carbocycles. The minimum absolute atomic E-state index is 0.0960. The van der Waals surface area contributed by atoms with Crippen LogP contribution in [0, 0.1) is 0 Å². The highest BCUT2D eigenvalue weighted by Gasteiger charge is 2.46. The Bertz CT molecular complexity index is 3450. The molecular formula is C60H40N2O2. The summed E-state index contributed by atoms with van der Waals surface area (Å²) in [4.78, 5) is 9.87. The third-order valence-electron chi connectivity index (χ3n) is 13.8. The Morgan fingerprint density at radius 3 is 1.27 bits per heavy atom. The Morgan fingerprint density at radius 1 is 0.328 bits per heavy atom. The zero-order chi connectivity index (χ0) is 42.6. The molecule has 0 aliphatic heterocycles. The highest BCUT2D eigenvalue weighted by Crippen LogP contribution is 2.58. The van der Waals surface area contributed by atoms with E-state index in [2.05, 4.69) is 172 Å². The van der Waals surface area contributed by atoms with Gasteiger partial charge >= 0.3 is 0 Å². The molecule has 0 unspecified atom stereocenters. The monoisotopic (exact) mass is 820 g/mol. The molecule has 4 nitrogen and oxygen atoms in total. The lowest BCUT2D eigenvalue weighted by Gasteiger charge is -2.34. The van der Waals surface area contributed by atoms with Gasteiger partial charge in [-0.2, -0.15) is 0 Å². The molecule has 11 aromatic rings. The summed E-state index contributed by atoms with van der Waals surface area (Å²) in [6.07, 6.45) is 0. The van der Waals surface area contributed by atoms with Gasteiger partial charge < -0.3 is 8.83 Å². The Kier molecular flexibility index (Phi) is 7.83. The summed E-state index contributed by atoms with van der Waals surface area (Å²) < 4.78 is 12.8. The zero-order valence-electron chi connectivity index (χ0n) is 35.3. The summed E-state index contributed by atoms with van der Waals surface area (Å²) in [6.45, 7) is 4.71. The molecule has 0 atom stereocenters. The topological polar surface area (TPSA) is 52.1 Å². The third-order valence-corrected chi connectivity index (χ3v) is 13.8. The molecule has 2 aliphatic rings. The SMILES string of the molecule is CC1(C)c2ccccc2-c2ccc(-c3ccc4c(c3)C(c3ccccc3)(c3ccccc3)c3cc(-c5cc(-c6nc7ccccc7o6)cc(-c6nc7ccccc7o6)c5)ccc3-4)cc21. The van der Waals surface area contributed by atoms with E-state index in [0.29, 0.717) is 11.8 Å². The predicted molar refractivity (Wildman–Crippen MR) is 258 cm³/mol. The van der Waals surface area contributed by atoms with Crippen LogP contribution in [0.1, 0.15) is 47.2 Å². The number of aromatic nitrogens is 2. The van der Waals surface area contributed by atoms with Crippen molar-refractivity contribution in [3.05, 3.63) is 240 Å². The van der Waals surface area contributed by atoms with E-state index in [1.807, 2.05) is 48.5 Å². The molecule has 0 saturated carbocycles. The maximum Gasteiger partial charge on any atom is 0.227 e. The minimum Gasteiger partial charge on any atom is -0.436 e. The molecule has 2 heterocycles. The van der Waals surface area contributed by atoms with Crippen LogP contribution in [0.15, 0.2) is 215 Å². The van der Waals surface area contributed by atoms with Crippen LogP contribution < -0.4 is 0 Å². The lowest BCUT2D eigenvalue weighted by molar-refractivity contribution is 0.617. The number of nitrogens with zero attached hydrogens (tertiary/aromatic N) is 2. The van der Waals surface area contributed by atoms with Crippen molar-refractivity contribution < 1.29 is 8.83 Å². The van der Waals surface area contributed by atoms with Gasteiger partial charge in [-0.3, -0.25) is 0 Å². The minimum atomic E-state index is -0.619. The van der Waals surface area contributed by atoms with Crippen molar-refractivity contribution >= 4 is 22.2 Å². The van der Waals surface area contributed by atoms with Crippen molar-refractivity contribution in [2.24, 2.45) is 0 Å². The fourth-order valence-electron chi connectivity index (χ4n) is 10.8. The van der Waals surface area contributed by atoms with Gasteiger partial charge in [-0.05, 0) is 139 Å². The fourth-order valence-corrected chi connectivity index (χ4v) is 10.8. The van der Waals surface area contributed by atoms with E-state index in [-0.39, 0.29) is 5.41 Å². The van der Waals surface area contributed by atoms with Gasteiger partial charge in [0.2, 0.25) is 11.8 Å². The van der Waals surface area contributed by atoms with E-state index in [1.165, 1.54) is 66.8 Å². The molecule has 4 heteroatoms. The summed E-state index contributed by atoms with van der Waals surface area (Å²) in [5.74, 6) is 1.09. The van der Waals surface area contributed by atoms with Gasteiger partial charge in [0.05, 0.1) is 5.41 Å². The molecule has 0 saturated heterocycles. The smallest absolute Gasteiger partial charge is 0.227 e. The lowest BCUT2D eigenvalue weighted by atomic mass is 9.67. The largest absolute Gasteiger partial charge is 0.436 e. The van der Waals surface area contributed by atoms with E-state index in [1.54, 1.807) is 0 Å². The second kappa shape index (κ2) is 13.7. The molecule has 13 rings (SSSR count). The first-order valence-corrected chi connectivity index (χ1v) is 22.0. The first kappa shape index (κ1) is 36.6. The van der Waals surface area contributed by atoms with Crippen LogP contribution in [0.5, 0.6) is 0 Å². The standard InChI is InChI=1S/C60H40N2O2/c1-59(2)49-20-10-9-19-45(49)46-28-25-37(34-50(46)59)38-26-29-47-48-30-27-39(36-52(48)60(51(47)35-38,43-15-5-3-6-16-43)44-17-7-4-8-18-44)40-31-41(57-61-53-21-11-13-23-55(53)63-57)33-42(32-40)58-62-54-22-12-14-24-56(54)64-58/h3-36H,1-2H3. The second-order valence-corrected chi connectivity index (χ2v) is 17.7. The van der Waals surface area contributed by atoms with Gasteiger partial charge in [0.15, 0.2) is 11.2 Å².